The number of aliphatic hydroxyl groups excluding tert-OH is 1. The van der Waals surface area contributed by atoms with Crippen LogP contribution >= 0.6 is 0 Å². The van der Waals surface area contributed by atoms with E-state index in [0.717, 1.165) is 0 Å². The van der Waals surface area contributed by atoms with E-state index in [-0.39, 0.29) is 24.4 Å². The molecule has 0 fully saturated rings. The zero-order chi connectivity index (χ0) is 11.3. The lowest BCUT2D eigenvalue weighted by Crippen LogP contribution is -2.18. The van der Waals surface area contributed by atoms with Crippen LogP contribution in [0, 0.1) is 0 Å². The lowest BCUT2D eigenvalue weighted by Gasteiger charge is -2.05. The van der Waals surface area contributed by atoms with E-state index in [4.69, 9.17) is 0 Å². The van der Waals surface area contributed by atoms with Crippen LogP contribution in [0.4, 0.5) is 0 Å². The summed E-state index contributed by atoms with van der Waals surface area (Å²) in [4.78, 5) is 22.3. The normalized spacial score (nSPS) is 12.1. The molecule has 0 aliphatic rings. The van der Waals surface area contributed by atoms with Crippen LogP contribution in [0.15, 0.2) is 30.3 Å². The Kier molecular flexibility index (Phi) is 4.18. The molecule has 0 aliphatic carbocycles. The summed E-state index contributed by atoms with van der Waals surface area (Å²) < 4.78 is 0. The van der Waals surface area contributed by atoms with Crippen molar-refractivity contribution in [2.45, 2.75) is 25.9 Å². The van der Waals surface area contributed by atoms with Crippen molar-refractivity contribution >= 4 is 11.6 Å². The molecule has 0 radical (unpaired) electrons. The van der Waals surface area contributed by atoms with Crippen molar-refractivity contribution in [2.24, 2.45) is 0 Å². The number of aliphatic hydroxyl groups is 1. The van der Waals surface area contributed by atoms with Gasteiger partial charge in [0.1, 0.15) is 6.10 Å². The Morgan fingerprint density at radius 2 is 1.87 bits per heavy atom. The molecule has 0 aromatic heterocycles. The van der Waals surface area contributed by atoms with Crippen LogP contribution in [0.25, 0.3) is 0 Å². The number of carbonyl (C=O) groups excluding carboxylic acids is 2. The van der Waals surface area contributed by atoms with E-state index < -0.39 is 6.10 Å². The highest BCUT2D eigenvalue weighted by Crippen LogP contribution is 2.07. The molecule has 3 nitrogen and oxygen atoms in total. The van der Waals surface area contributed by atoms with Crippen LogP contribution in [0.5, 0.6) is 0 Å². The van der Waals surface area contributed by atoms with Gasteiger partial charge in [-0.3, -0.25) is 9.59 Å². The third-order valence-electron chi connectivity index (χ3n) is 2.21. The van der Waals surface area contributed by atoms with E-state index in [9.17, 15) is 14.7 Å². The largest absolute Gasteiger partial charge is 0.385 e. The molecule has 15 heavy (non-hydrogen) atoms. The van der Waals surface area contributed by atoms with Gasteiger partial charge in [0, 0.05) is 12.0 Å². The van der Waals surface area contributed by atoms with E-state index in [1.165, 1.54) is 6.92 Å². The molecule has 1 unspecified atom stereocenters. The van der Waals surface area contributed by atoms with Crippen molar-refractivity contribution in [1.29, 1.82) is 0 Å². The summed E-state index contributed by atoms with van der Waals surface area (Å²) in [5.74, 6) is -0.341. The van der Waals surface area contributed by atoms with Crippen LogP contribution < -0.4 is 0 Å². The number of hydrogen-bond donors (Lipinski definition) is 1. The number of Topliss-reactive ketones (excluding diaryl/α,β-unsaturated/α-hetero) is 2. The van der Waals surface area contributed by atoms with Gasteiger partial charge < -0.3 is 5.11 Å². The molecular formula is C12H14O3. The number of benzene rings is 1. The second-order valence-electron chi connectivity index (χ2n) is 3.45. The molecule has 0 bridgehead atoms. The molecule has 0 spiro atoms. The second kappa shape index (κ2) is 5.41. The quantitative estimate of drug-likeness (QED) is 0.744. The fraction of sp³-hybridized carbons (Fsp3) is 0.333. The minimum Gasteiger partial charge on any atom is -0.385 e. The predicted molar refractivity (Wildman–Crippen MR) is 56.7 cm³/mol. The first-order valence-electron chi connectivity index (χ1n) is 4.88. The lowest BCUT2D eigenvalue weighted by atomic mass is 10.0. The molecule has 0 heterocycles. The maximum absolute atomic E-state index is 11.5. The molecule has 0 amide bonds. The molecule has 3 heteroatoms. The third-order valence-corrected chi connectivity index (χ3v) is 2.21. The average molecular weight is 206 g/mol. The predicted octanol–water partition coefficient (Wildman–Crippen LogP) is 1.60. The summed E-state index contributed by atoms with van der Waals surface area (Å²) in [5.41, 5.74) is 0.619. The first-order valence-corrected chi connectivity index (χ1v) is 4.88. The lowest BCUT2D eigenvalue weighted by molar-refractivity contribution is -0.125. The molecule has 80 valence electrons. The van der Waals surface area contributed by atoms with Gasteiger partial charge in [-0.15, -0.1) is 0 Å². The van der Waals surface area contributed by atoms with Crippen molar-refractivity contribution in [3.8, 4) is 0 Å². The number of rotatable bonds is 5. The first kappa shape index (κ1) is 11.6. The first-order chi connectivity index (χ1) is 7.11. The highest BCUT2D eigenvalue weighted by atomic mass is 16.3. The van der Waals surface area contributed by atoms with Gasteiger partial charge in [0.2, 0.25) is 0 Å². The summed E-state index contributed by atoms with van der Waals surface area (Å²) in [6, 6.07) is 8.86. The Morgan fingerprint density at radius 1 is 1.27 bits per heavy atom. The van der Waals surface area contributed by atoms with Gasteiger partial charge in [0.05, 0.1) is 0 Å². The Morgan fingerprint density at radius 3 is 2.40 bits per heavy atom. The summed E-state index contributed by atoms with van der Waals surface area (Å²) in [6.07, 6.45) is -0.619. The molecule has 1 aromatic carbocycles. The fourth-order valence-corrected chi connectivity index (χ4v) is 1.24. The van der Waals surface area contributed by atoms with Crippen molar-refractivity contribution in [2.75, 3.05) is 0 Å². The molecule has 1 N–H and O–H groups in total. The zero-order valence-corrected chi connectivity index (χ0v) is 8.64. The average Bonchev–Trinajstić information content (AvgIpc) is 2.26. The molecule has 1 aromatic rings. The van der Waals surface area contributed by atoms with Gasteiger partial charge in [0.15, 0.2) is 11.6 Å². The smallest absolute Gasteiger partial charge is 0.162 e. The summed E-state index contributed by atoms with van der Waals surface area (Å²) >= 11 is 0. The SMILES string of the molecule is CC(=O)C(O)CCC(=O)c1ccccc1. The van der Waals surface area contributed by atoms with E-state index in [1.807, 2.05) is 6.07 Å². The topological polar surface area (TPSA) is 54.4 Å². The van der Waals surface area contributed by atoms with Crippen molar-refractivity contribution < 1.29 is 14.7 Å². The highest BCUT2D eigenvalue weighted by Gasteiger charge is 2.12. The Balaban J connectivity index is 2.47. The third kappa shape index (κ3) is 3.64. The molecule has 0 aliphatic heterocycles. The van der Waals surface area contributed by atoms with Crippen LogP contribution in [0.3, 0.4) is 0 Å². The minimum atomic E-state index is -1.02. The maximum Gasteiger partial charge on any atom is 0.162 e. The van der Waals surface area contributed by atoms with Gasteiger partial charge in [0.25, 0.3) is 0 Å². The summed E-state index contributed by atoms with van der Waals surface area (Å²) in [5, 5.41) is 9.22. The number of carbonyl (C=O) groups is 2. The molecule has 1 rings (SSSR count). The molecular weight excluding hydrogens is 192 g/mol. The second-order valence-corrected chi connectivity index (χ2v) is 3.45. The van der Waals surface area contributed by atoms with Crippen molar-refractivity contribution in [3.63, 3.8) is 0 Å². The fourth-order valence-electron chi connectivity index (χ4n) is 1.24. The van der Waals surface area contributed by atoms with E-state index in [0.29, 0.717) is 5.56 Å². The minimum absolute atomic E-state index is 0.0455. The van der Waals surface area contributed by atoms with Crippen LogP contribution in [0.1, 0.15) is 30.1 Å². The Hall–Kier alpha value is -1.48. The maximum atomic E-state index is 11.5. The number of ketones is 2. The Labute approximate surface area is 88.7 Å². The van der Waals surface area contributed by atoms with E-state index in [2.05, 4.69) is 0 Å². The van der Waals surface area contributed by atoms with Crippen LogP contribution in [-0.2, 0) is 4.79 Å². The molecule has 0 saturated carbocycles. The summed E-state index contributed by atoms with van der Waals surface area (Å²) in [6.45, 7) is 1.32. The van der Waals surface area contributed by atoms with Gasteiger partial charge in [-0.25, -0.2) is 0 Å². The molecule has 0 saturated heterocycles. The Bertz CT molecular complexity index is 343. The standard InChI is InChI=1S/C12H14O3/c1-9(13)11(14)7-8-12(15)10-5-3-2-4-6-10/h2-6,11,14H,7-8H2,1H3. The highest BCUT2D eigenvalue weighted by molar-refractivity contribution is 5.96. The van der Waals surface area contributed by atoms with Crippen LogP contribution in [0.2, 0.25) is 0 Å². The molecule has 1 atom stereocenters. The van der Waals surface area contributed by atoms with E-state index >= 15 is 0 Å². The monoisotopic (exact) mass is 206 g/mol. The van der Waals surface area contributed by atoms with Gasteiger partial charge in [-0.05, 0) is 13.3 Å². The summed E-state index contributed by atoms with van der Waals surface area (Å²) in [7, 11) is 0. The van der Waals surface area contributed by atoms with Gasteiger partial charge in [-0.1, -0.05) is 30.3 Å². The van der Waals surface area contributed by atoms with Crippen molar-refractivity contribution in [1.82, 2.24) is 0 Å². The van der Waals surface area contributed by atoms with Gasteiger partial charge in [-0.2, -0.15) is 0 Å². The van der Waals surface area contributed by atoms with Crippen LogP contribution in [-0.4, -0.2) is 22.8 Å². The van der Waals surface area contributed by atoms with Crippen molar-refractivity contribution in [3.05, 3.63) is 35.9 Å². The van der Waals surface area contributed by atoms with E-state index in [1.54, 1.807) is 24.3 Å². The zero-order valence-electron chi connectivity index (χ0n) is 8.64. The number of hydrogen-bond acceptors (Lipinski definition) is 3. The van der Waals surface area contributed by atoms with Gasteiger partial charge >= 0.3 is 0 Å².